The maximum atomic E-state index is 15.6. The SMILES string of the molecule is CN(C)Cc1cncc(-c2ncc3[nH]nc(-c4nc5cccnc5[nH]4)c3c2F)c1. The molecule has 0 unspecified atom stereocenters. The molecule has 0 aliphatic rings. The van der Waals surface area contributed by atoms with Gasteiger partial charge in [-0.05, 0) is 37.9 Å². The Morgan fingerprint density at radius 1 is 1.10 bits per heavy atom. The first-order valence-electron chi connectivity index (χ1n) is 9.03. The zero-order valence-electron chi connectivity index (χ0n) is 15.8. The summed E-state index contributed by atoms with van der Waals surface area (Å²) >= 11 is 0. The standard InChI is InChI=1S/C20H17FN8/c1-29(2)10-11-6-12(8-22-7-11)17-16(21)15-14(9-24-17)27-28-18(15)20-25-13-4-3-5-23-19(13)26-20/h3-9H,10H2,1-2H3,(H,27,28)(H,23,25,26). The Labute approximate surface area is 164 Å². The topological polar surface area (TPSA) is 99.3 Å². The van der Waals surface area contributed by atoms with Crippen molar-refractivity contribution in [2.24, 2.45) is 0 Å². The Balaban J connectivity index is 1.66. The summed E-state index contributed by atoms with van der Waals surface area (Å²) in [7, 11) is 3.94. The Bertz CT molecular complexity index is 1300. The van der Waals surface area contributed by atoms with Crippen LogP contribution >= 0.6 is 0 Å². The van der Waals surface area contributed by atoms with Crippen molar-refractivity contribution in [2.45, 2.75) is 6.54 Å². The molecule has 0 aliphatic carbocycles. The molecule has 2 N–H and O–H groups in total. The summed E-state index contributed by atoms with van der Waals surface area (Å²) in [5, 5.41) is 7.42. The normalized spacial score (nSPS) is 11.7. The van der Waals surface area contributed by atoms with E-state index < -0.39 is 5.82 Å². The third-order valence-corrected chi connectivity index (χ3v) is 4.59. The first-order valence-corrected chi connectivity index (χ1v) is 9.03. The molecular formula is C20H17FN8. The highest BCUT2D eigenvalue weighted by Gasteiger charge is 2.20. The lowest BCUT2D eigenvalue weighted by molar-refractivity contribution is 0.402. The van der Waals surface area contributed by atoms with Gasteiger partial charge in [-0.15, -0.1) is 0 Å². The molecule has 0 amide bonds. The van der Waals surface area contributed by atoms with E-state index in [0.29, 0.717) is 45.7 Å². The minimum Gasteiger partial charge on any atom is -0.321 e. The van der Waals surface area contributed by atoms with E-state index in [-0.39, 0.29) is 5.69 Å². The van der Waals surface area contributed by atoms with Gasteiger partial charge in [-0.2, -0.15) is 5.10 Å². The van der Waals surface area contributed by atoms with Crippen LogP contribution in [0, 0.1) is 5.82 Å². The third-order valence-electron chi connectivity index (χ3n) is 4.59. The van der Waals surface area contributed by atoms with Gasteiger partial charge in [0.1, 0.15) is 16.9 Å². The Morgan fingerprint density at radius 3 is 2.83 bits per heavy atom. The molecule has 0 aromatic carbocycles. The molecule has 9 heteroatoms. The van der Waals surface area contributed by atoms with Crippen LogP contribution in [0.1, 0.15) is 5.56 Å². The van der Waals surface area contributed by atoms with Crippen LogP contribution in [0.3, 0.4) is 0 Å². The molecule has 0 atom stereocenters. The number of rotatable bonds is 4. The molecule has 0 radical (unpaired) electrons. The van der Waals surface area contributed by atoms with Gasteiger partial charge in [0.15, 0.2) is 17.3 Å². The number of hydrogen-bond acceptors (Lipinski definition) is 6. The summed E-state index contributed by atoms with van der Waals surface area (Å²) in [5.74, 6) is -0.0241. The number of fused-ring (bicyclic) bond motifs is 2. The minimum atomic E-state index is -0.469. The zero-order valence-corrected chi connectivity index (χ0v) is 15.8. The molecule has 144 valence electrons. The number of H-pyrrole nitrogens is 2. The first-order chi connectivity index (χ1) is 14.1. The second kappa shape index (κ2) is 6.71. The fourth-order valence-corrected chi connectivity index (χ4v) is 3.37. The van der Waals surface area contributed by atoms with E-state index in [9.17, 15) is 0 Å². The van der Waals surface area contributed by atoms with Gasteiger partial charge in [0.25, 0.3) is 0 Å². The number of nitrogens with one attached hydrogen (secondary N) is 2. The van der Waals surface area contributed by atoms with Gasteiger partial charge in [-0.1, -0.05) is 0 Å². The van der Waals surface area contributed by atoms with Crippen molar-refractivity contribution in [3.8, 4) is 22.8 Å². The molecule has 29 heavy (non-hydrogen) atoms. The second-order valence-electron chi connectivity index (χ2n) is 7.06. The fourth-order valence-electron chi connectivity index (χ4n) is 3.37. The van der Waals surface area contributed by atoms with Gasteiger partial charge in [0.2, 0.25) is 0 Å². The molecule has 5 aromatic heterocycles. The number of hydrogen-bond donors (Lipinski definition) is 2. The summed E-state index contributed by atoms with van der Waals surface area (Å²) in [6.07, 6.45) is 6.62. The van der Waals surface area contributed by atoms with E-state index in [1.807, 2.05) is 31.1 Å². The maximum Gasteiger partial charge on any atom is 0.161 e. The molecule has 0 saturated heterocycles. The highest BCUT2D eigenvalue weighted by atomic mass is 19.1. The summed E-state index contributed by atoms with van der Waals surface area (Å²) in [6.45, 7) is 0.702. The van der Waals surface area contributed by atoms with Crippen LogP contribution in [0.15, 0.2) is 43.0 Å². The predicted molar refractivity (Wildman–Crippen MR) is 107 cm³/mol. The van der Waals surface area contributed by atoms with E-state index in [4.69, 9.17) is 0 Å². The van der Waals surface area contributed by atoms with Crippen molar-refractivity contribution in [2.75, 3.05) is 14.1 Å². The number of aromatic amines is 2. The van der Waals surface area contributed by atoms with E-state index in [2.05, 4.69) is 35.1 Å². The molecule has 0 bridgehead atoms. The van der Waals surface area contributed by atoms with Crippen LogP contribution in [0.4, 0.5) is 4.39 Å². The Hall–Kier alpha value is -3.72. The molecule has 5 rings (SSSR count). The molecular weight excluding hydrogens is 371 g/mol. The number of halogens is 1. The average molecular weight is 388 g/mol. The summed E-state index contributed by atoms with van der Waals surface area (Å²) in [6, 6.07) is 5.53. The van der Waals surface area contributed by atoms with Gasteiger partial charge in [0.05, 0.1) is 17.1 Å². The van der Waals surface area contributed by atoms with Crippen LogP contribution in [0.5, 0.6) is 0 Å². The zero-order chi connectivity index (χ0) is 20.0. The van der Waals surface area contributed by atoms with Crippen molar-refractivity contribution in [3.63, 3.8) is 0 Å². The summed E-state index contributed by atoms with van der Waals surface area (Å²) < 4.78 is 15.6. The summed E-state index contributed by atoms with van der Waals surface area (Å²) in [4.78, 5) is 22.4. The molecule has 5 heterocycles. The van der Waals surface area contributed by atoms with Crippen LogP contribution in [-0.2, 0) is 6.54 Å². The van der Waals surface area contributed by atoms with Gasteiger partial charge >= 0.3 is 0 Å². The number of imidazole rings is 1. The average Bonchev–Trinajstić information content (AvgIpc) is 3.32. The van der Waals surface area contributed by atoms with Crippen LogP contribution < -0.4 is 0 Å². The van der Waals surface area contributed by atoms with Crippen molar-refractivity contribution < 1.29 is 4.39 Å². The number of pyridine rings is 3. The van der Waals surface area contributed by atoms with Gasteiger partial charge in [-0.25, -0.2) is 14.4 Å². The molecule has 0 spiro atoms. The summed E-state index contributed by atoms with van der Waals surface area (Å²) in [5.41, 5.74) is 4.00. The number of nitrogens with zero attached hydrogens (tertiary/aromatic N) is 6. The van der Waals surface area contributed by atoms with Crippen molar-refractivity contribution >= 4 is 22.1 Å². The third kappa shape index (κ3) is 3.01. The Morgan fingerprint density at radius 2 is 2.00 bits per heavy atom. The smallest absolute Gasteiger partial charge is 0.161 e. The molecule has 0 saturated carbocycles. The number of aromatic nitrogens is 7. The maximum absolute atomic E-state index is 15.6. The van der Waals surface area contributed by atoms with Gasteiger partial charge in [0, 0.05) is 30.7 Å². The monoisotopic (exact) mass is 388 g/mol. The van der Waals surface area contributed by atoms with E-state index in [1.165, 1.54) is 0 Å². The Kier molecular flexibility index (Phi) is 4.02. The molecule has 8 nitrogen and oxygen atoms in total. The largest absolute Gasteiger partial charge is 0.321 e. The van der Waals surface area contributed by atoms with Gasteiger partial charge in [-0.3, -0.25) is 15.1 Å². The van der Waals surface area contributed by atoms with Crippen molar-refractivity contribution in [3.05, 3.63) is 54.4 Å². The molecule has 0 fully saturated rings. The predicted octanol–water partition coefficient (Wildman–Crippen LogP) is 3.16. The lowest BCUT2D eigenvalue weighted by Crippen LogP contribution is -2.10. The molecule has 0 aliphatic heterocycles. The lowest BCUT2D eigenvalue weighted by atomic mass is 10.1. The molecule has 5 aromatic rings. The van der Waals surface area contributed by atoms with Crippen molar-refractivity contribution in [1.82, 2.24) is 40.0 Å². The fraction of sp³-hybridized carbons (Fsp3) is 0.150. The van der Waals surface area contributed by atoms with E-state index in [0.717, 1.165) is 5.56 Å². The lowest BCUT2D eigenvalue weighted by Gasteiger charge is -2.10. The van der Waals surface area contributed by atoms with E-state index in [1.54, 1.807) is 30.9 Å². The van der Waals surface area contributed by atoms with Gasteiger partial charge < -0.3 is 9.88 Å². The highest BCUT2D eigenvalue weighted by molar-refractivity contribution is 5.94. The van der Waals surface area contributed by atoms with Crippen LogP contribution in [-0.4, -0.2) is 54.1 Å². The second-order valence-corrected chi connectivity index (χ2v) is 7.06. The van der Waals surface area contributed by atoms with E-state index >= 15 is 4.39 Å². The van der Waals surface area contributed by atoms with Crippen LogP contribution in [0.25, 0.3) is 44.8 Å². The quantitative estimate of drug-likeness (QED) is 0.491. The van der Waals surface area contributed by atoms with Crippen LogP contribution in [0.2, 0.25) is 0 Å². The highest BCUT2D eigenvalue weighted by Crippen LogP contribution is 2.32. The van der Waals surface area contributed by atoms with Crippen molar-refractivity contribution in [1.29, 1.82) is 0 Å². The minimum absolute atomic E-state index is 0.225. The first kappa shape index (κ1) is 17.4.